The Hall–Kier alpha value is -3.36. The van der Waals surface area contributed by atoms with Gasteiger partial charge in [0.15, 0.2) is 5.82 Å². The standard InChI is InChI=1S/C27H34FN5O3/c1-18(28)12-15-23(34)33(16-7-5-6-11-22-29-26(32-36-22)27(2,3)4)21-10-8-9-20(17-21)25-31-30-24(35-25)19-13-14-19/h8-10,17,19H,1,5-7,11-16H2,2-4H3. The van der Waals surface area contributed by atoms with Crippen molar-refractivity contribution in [2.75, 3.05) is 11.4 Å². The average Bonchev–Trinajstić information content (AvgIpc) is 3.36. The van der Waals surface area contributed by atoms with Gasteiger partial charge in [-0.25, -0.2) is 4.39 Å². The molecule has 1 aliphatic carbocycles. The van der Waals surface area contributed by atoms with Crippen LogP contribution in [0.1, 0.15) is 89.2 Å². The summed E-state index contributed by atoms with van der Waals surface area (Å²) in [6.07, 6.45) is 5.43. The Balaban J connectivity index is 1.38. The van der Waals surface area contributed by atoms with Gasteiger partial charge in [-0.3, -0.25) is 4.79 Å². The zero-order chi connectivity index (χ0) is 25.7. The van der Waals surface area contributed by atoms with Crippen LogP contribution >= 0.6 is 0 Å². The maximum atomic E-state index is 13.3. The van der Waals surface area contributed by atoms with Crippen molar-refractivity contribution in [2.45, 2.75) is 83.5 Å². The average molecular weight is 496 g/mol. The molecule has 2 aromatic heterocycles. The van der Waals surface area contributed by atoms with Crippen LogP contribution in [0.4, 0.5) is 10.1 Å². The first-order valence-corrected chi connectivity index (χ1v) is 12.6. The fourth-order valence-corrected chi connectivity index (χ4v) is 3.81. The summed E-state index contributed by atoms with van der Waals surface area (Å²) in [6, 6.07) is 7.49. The van der Waals surface area contributed by atoms with E-state index in [4.69, 9.17) is 8.94 Å². The molecular formula is C27H34FN5O3. The summed E-state index contributed by atoms with van der Waals surface area (Å²) in [5.74, 6) is 2.17. The lowest BCUT2D eigenvalue weighted by atomic mass is 9.96. The molecule has 0 saturated heterocycles. The molecule has 1 saturated carbocycles. The van der Waals surface area contributed by atoms with E-state index in [0.717, 1.165) is 43.4 Å². The number of carbonyl (C=O) groups excluding carboxylic acids is 1. The highest BCUT2D eigenvalue weighted by Gasteiger charge is 2.29. The fraction of sp³-hybridized carbons (Fsp3) is 0.519. The van der Waals surface area contributed by atoms with E-state index >= 15 is 0 Å². The number of amides is 1. The fourth-order valence-electron chi connectivity index (χ4n) is 3.81. The first kappa shape index (κ1) is 25.7. The molecule has 3 aromatic rings. The molecule has 1 amide bonds. The highest BCUT2D eigenvalue weighted by Crippen LogP contribution is 2.40. The Morgan fingerprint density at radius 2 is 1.97 bits per heavy atom. The smallest absolute Gasteiger partial charge is 0.247 e. The number of unbranched alkanes of at least 4 members (excludes halogenated alkanes) is 2. The maximum Gasteiger partial charge on any atom is 0.247 e. The molecular weight excluding hydrogens is 461 g/mol. The van der Waals surface area contributed by atoms with Gasteiger partial charge in [-0.15, -0.1) is 10.2 Å². The second-order valence-corrected chi connectivity index (χ2v) is 10.4. The number of benzene rings is 1. The normalized spacial score (nSPS) is 13.7. The number of nitrogens with zero attached hydrogens (tertiary/aromatic N) is 5. The van der Waals surface area contributed by atoms with E-state index in [1.165, 1.54) is 0 Å². The number of hydrogen-bond acceptors (Lipinski definition) is 7. The third kappa shape index (κ3) is 6.86. The molecule has 0 radical (unpaired) electrons. The van der Waals surface area contributed by atoms with Crippen molar-refractivity contribution in [1.82, 2.24) is 20.3 Å². The third-order valence-electron chi connectivity index (χ3n) is 6.09. The number of rotatable bonds is 12. The minimum absolute atomic E-state index is 0.0106. The highest BCUT2D eigenvalue weighted by molar-refractivity contribution is 5.94. The van der Waals surface area contributed by atoms with E-state index < -0.39 is 5.83 Å². The van der Waals surface area contributed by atoms with E-state index in [0.29, 0.717) is 42.4 Å². The van der Waals surface area contributed by atoms with Crippen molar-refractivity contribution < 1.29 is 18.1 Å². The van der Waals surface area contributed by atoms with E-state index in [2.05, 4.69) is 26.9 Å². The minimum atomic E-state index is -0.496. The summed E-state index contributed by atoms with van der Waals surface area (Å²) in [5, 5.41) is 12.4. The van der Waals surface area contributed by atoms with Crippen LogP contribution in [0.2, 0.25) is 0 Å². The molecule has 192 valence electrons. The van der Waals surface area contributed by atoms with Crippen LogP contribution in [-0.2, 0) is 16.6 Å². The molecule has 1 aliphatic rings. The molecule has 1 aromatic carbocycles. The van der Waals surface area contributed by atoms with Crippen LogP contribution in [0.15, 0.2) is 45.6 Å². The lowest BCUT2D eigenvalue weighted by Gasteiger charge is -2.23. The zero-order valence-electron chi connectivity index (χ0n) is 21.3. The van der Waals surface area contributed by atoms with Crippen molar-refractivity contribution >= 4 is 11.6 Å². The van der Waals surface area contributed by atoms with E-state index in [1.54, 1.807) is 4.90 Å². The van der Waals surface area contributed by atoms with Gasteiger partial charge in [0.2, 0.25) is 23.6 Å². The topological polar surface area (TPSA) is 98.2 Å². The lowest BCUT2D eigenvalue weighted by Crippen LogP contribution is -2.31. The van der Waals surface area contributed by atoms with Gasteiger partial charge < -0.3 is 13.8 Å². The second-order valence-electron chi connectivity index (χ2n) is 10.4. The van der Waals surface area contributed by atoms with Crippen molar-refractivity contribution in [3.05, 3.63) is 54.3 Å². The van der Waals surface area contributed by atoms with Crippen molar-refractivity contribution in [2.24, 2.45) is 0 Å². The van der Waals surface area contributed by atoms with Crippen LogP contribution in [0.5, 0.6) is 0 Å². The number of aryl methyl sites for hydroxylation is 1. The number of halogens is 1. The summed E-state index contributed by atoms with van der Waals surface area (Å²) in [5.41, 5.74) is 1.33. The molecule has 4 rings (SSSR count). The maximum absolute atomic E-state index is 13.3. The molecule has 2 heterocycles. The zero-order valence-corrected chi connectivity index (χ0v) is 21.3. The minimum Gasteiger partial charge on any atom is -0.420 e. The summed E-state index contributed by atoms with van der Waals surface area (Å²) < 4.78 is 24.5. The van der Waals surface area contributed by atoms with Crippen LogP contribution < -0.4 is 4.90 Å². The molecule has 0 aliphatic heterocycles. The van der Waals surface area contributed by atoms with Gasteiger partial charge in [0.1, 0.15) is 0 Å². The molecule has 1 fully saturated rings. The van der Waals surface area contributed by atoms with Gasteiger partial charge in [-0.1, -0.05) is 45.0 Å². The highest BCUT2D eigenvalue weighted by atomic mass is 19.1. The van der Waals surface area contributed by atoms with Gasteiger partial charge in [0.05, 0.1) is 5.83 Å². The number of hydrogen-bond donors (Lipinski definition) is 0. The van der Waals surface area contributed by atoms with Gasteiger partial charge in [-0.05, 0) is 43.9 Å². The van der Waals surface area contributed by atoms with Gasteiger partial charge >= 0.3 is 0 Å². The molecule has 9 heteroatoms. The van der Waals surface area contributed by atoms with Gasteiger partial charge in [0.25, 0.3) is 0 Å². The van der Waals surface area contributed by atoms with E-state index in [9.17, 15) is 9.18 Å². The number of anilines is 1. The molecule has 0 spiro atoms. The summed E-state index contributed by atoms with van der Waals surface area (Å²) >= 11 is 0. The monoisotopic (exact) mass is 495 g/mol. The molecule has 0 N–H and O–H groups in total. The SMILES string of the molecule is C=C(F)CCC(=O)N(CCCCCc1nc(C(C)(C)C)no1)c1cccc(-c2nnc(C3CC3)o2)c1. The third-order valence-corrected chi connectivity index (χ3v) is 6.09. The first-order chi connectivity index (χ1) is 17.2. The number of aromatic nitrogens is 4. The molecule has 0 unspecified atom stereocenters. The van der Waals surface area contributed by atoms with Crippen molar-refractivity contribution in [3.63, 3.8) is 0 Å². The first-order valence-electron chi connectivity index (χ1n) is 12.6. The van der Waals surface area contributed by atoms with Crippen LogP contribution in [0.25, 0.3) is 11.5 Å². The molecule has 8 nitrogen and oxygen atoms in total. The van der Waals surface area contributed by atoms with Crippen LogP contribution in [0.3, 0.4) is 0 Å². The number of allylic oxidation sites excluding steroid dienone is 1. The quantitative estimate of drug-likeness (QED) is 0.272. The predicted molar refractivity (Wildman–Crippen MR) is 134 cm³/mol. The second kappa shape index (κ2) is 11.1. The predicted octanol–water partition coefficient (Wildman–Crippen LogP) is 6.30. The lowest BCUT2D eigenvalue weighted by molar-refractivity contribution is -0.118. The largest absolute Gasteiger partial charge is 0.420 e. The van der Waals surface area contributed by atoms with Crippen molar-refractivity contribution in [1.29, 1.82) is 0 Å². The Morgan fingerprint density at radius 3 is 2.67 bits per heavy atom. The van der Waals surface area contributed by atoms with Crippen LogP contribution in [-0.4, -0.2) is 32.8 Å². The molecule has 36 heavy (non-hydrogen) atoms. The van der Waals surface area contributed by atoms with E-state index in [1.807, 2.05) is 45.0 Å². The molecule has 0 bridgehead atoms. The van der Waals surface area contributed by atoms with Gasteiger partial charge in [-0.2, -0.15) is 4.98 Å². The van der Waals surface area contributed by atoms with E-state index in [-0.39, 0.29) is 24.2 Å². The van der Waals surface area contributed by atoms with Gasteiger partial charge in [0, 0.05) is 48.4 Å². The van der Waals surface area contributed by atoms with Crippen LogP contribution in [0, 0.1) is 0 Å². The Bertz CT molecular complexity index is 1190. The Labute approximate surface area is 211 Å². The Kier molecular flexibility index (Phi) is 7.96. The Morgan fingerprint density at radius 1 is 1.17 bits per heavy atom. The summed E-state index contributed by atoms with van der Waals surface area (Å²) in [6.45, 7) is 9.93. The number of carbonyl (C=O) groups is 1. The summed E-state index contributed by atoms with van der Waals surface area (Å²) in [7, 11) is 0. The molecule has 0 atom stereocenters. The summed E-state index contributed by atoms with van der Waals surface area (Å²) in [4.78, 5) is 19.2. The van der Waals surface area contributed by atoms with Crippen molar-refractivity contribution in [3.8, 4) is 11.5 Å².